The lowest BCUT2D eigenvalue weighted by Gasteiger charge is -2.34. The molecule has 1 N–H and O–H groups in total. The molecule has 156 valence electrons. The number of aromatic nitrogens is 4. The standard InChI is InChI=1S/C19H20FN7O2S/c1-13-22-23-24-27(13)16-11-14(4-5-15(16)20)21-12-18(28)25-6-8-26(9-7-25)19(29)17-3-2-10-30-17/h2-5,10-11,21H,6-9,12H2,1H3. The third-order valence-electron chi connectivity index (χ3n) is 4.90. The Kier molecular flexibility index (Phi) is 5.70. The first kappa shape index (κ1) is 20.0. The molecule has 1 aliphatic heterocycles. The average molecular weight is 429 g/mol. The molecule has 0 spiro atoms. The van der Waals surface area contributed by atoms with E-state index in [-0.39, 0.29) is 24.0 Å². The first-order valence-corrected chi connectivity index (χ1v) is 10.3. The number of hydrogen-bond acceptors (Lipinski definition) is 7. The molecule has 1 fully saturated rings. The van der Waals surface area contributed by atoms with Crippen LogP contribution in [0, 0.1) is 12.7 Å². The number of anilines is 1. The van der Waals surface area contributed by atoms with E-state index in [0.717, 1.165) is 0 Å². The van der Waals surface area contributed by atoms with E-state index in [2.05, 4.69) is 20.8 Å². The van der Waals surface area contributed by atoms with E-state index in [1.807, 2.05) is 17.5 Å². The van der Waals surface area contributed by atoms with Crippen molar-refractivity contribution in [3.63, 3.8) is 0 Å². The van der Waals surface area contributed by atoms with Crippen molar-refractivity contribution in [2.24, 2.45) is 0 Å². The van der Waals surface area contributed by atoms with Crippen LogP contribution in [0.5, 0.6) is 0 Å². The van der Waals surface area contributed by atoms with Crippen LogP contribution in [0.4, 0.5) is 10.1 Å². The van der Waals surface area contributed by atoms with Crippen LogP contribution in [0.3, 0.4) is 0 Å². The van der Waals surface area contributed by atoms with Crippen LogP contribution in [-0.2, 0) is 4.79 Å². The van der Waals surface area contributed by atoms with E-state index in [9.17, 15) is 14.0 Å². The lowest BCUT2D eigenvalue weighted by atomic mass is 10.2. The van der Waals surface area contributed by atoms with Crippen molar-refractivity contribution in [3.8, 4) is 5.69 Å². The highest BCUT2D eigenvalue weighted by Crippen LogP contribution is 2.19. The number of thiophene rings is 1. The van der Waals surface area contributed by atoms with Crippen molar-refractivity contribution in [2.75, 3.05) is 38.0 Å². The number of halogens is 1. The first-order chi connectivity index (χ1) is 14.5. The molecule has 0 aliphatic carbocycles. The van der Waals surface area contributed by atoms with E-state index in [1.165, 1.54) is 22.1 Å². The third-order valence-corrected chi connectivity index (χ3v) is 5.75. The Hall–Kier alpha value is -3.34. The molecule has 0 bridgehead atoms. The Bertz CT molecular complexity index is 1050. The molecule has 0 saturated carbocycles. The van der Waals surface area contributed by atoms with Gasteiger partial charge in [0.25, 0.3) is 5.91 Å². The van der Waals surface area contributed by atoms with E-state index >= 15 is 0 Å². The number of benzene rings is 1. The number of piperazine rings is 1. The number of amides is 2. The zero-order chi connectivity index (χ0) is 21.1. The number of tetrazole rings is 1. The molecule has 3 heterocycles. The van der Waals surface area contributed by atoms with Crippen molar-refractivity contribution in [3.05, 3.63) is 52.2 Å². The van der Waals surface area contributed by atoms with Crippen LogP contribution in [0.1, 0.15) is 15.5 Å². The van der Waals surface area contributed by atoms with Crippen molar-refractivity contribution in [1.29, 1.82) is 0 Å². The highest BCUT2D eigenvalue weighted by Gasteiger charge is 2.25. The van der Waals surface area contributed by atoms with Gasteiger partial charge in [-0.3, -0.25) is 9.59 Å². The summed E-state index contributed by atoms with van der Waals surface area (Å²) in [5, 5.41) is 16.0. The monoisotopic (exact) mass is 429 g/mol. The summed E-state index contributed by atoms with van der Waals surface area (Å²) >= 11 is 1.42. The van der Waals surface area contributed by atoms with E-state index in [0.29, 0.717) is 42.6 Å². The van der Waals surface area contributed by atoms with Crippen molar-refractivity contribution >= 4 is 28.8 Å². The molecule has 1 saturated heterocycles. The molecule has 11 heteroatoms. The van der Waals surface area contributed by atoms with Crippen LogP contribution in [0.15, 0.2) is 35.7 Å². The van der Waals surface area contributed by atoms with E-state index in [1.54, 1.807) is 28.9 Å². The smallest absolute Gasteiger partial charge is 0.264 e. The van der Waals surface area contributed by atoms with Gasteiger partial charge in [0, 0.05) is 31.9 Å². The zero-order valence-corrected chi connectivity index (χ0v) is 17.1. The molecule has 0 radical (unpaired) electrons. The summed E-state index contributed by atoms with van der Waals surface area (Å²) in [6, 6.07) is 8.08. The van der Waals surface area contributed by atoms with Crippen molar-refractivity contribution < 1.29 is 14.0 Å². The topological polar surface area (TPSA) is 96.2 Å². The molecule has 30 heavy (non-hydrogen) atoms. The minimum atomic E-state index is -0.464. The molecule has 3 aromatic rings. The fourth-order valence-electron chi connectivity index (χ4n) is 3.24. The molecular weight excluding hydrogens is 409 g/mol. The number of rotatable bonds is 5. The molecule has 1 aromatic carbocycles. The van der Waals surface area contributed by atoms with Gasteiger partial charge in [0.15, 0.2) is 5.82 Å². The summed E-state index contributed by atoms with van der Waals surface area (Å²) in [7, 11) is 0. The maximum absolute atomic E-state index is 14.2. The third kappa shape index (κ3) is 4.15. The molecule has 9 nitrogen and oxygen atoms in total. The maximum Gasteiger partial charge on any atom is 0.264 e. The summed E-state index contributed by atoms with van der Waals surface area (Å²) in [6.45, 7) is 3.71. The van der Waals surface area contributed by atoms with Crippen molar-refractivity contribution in [2.45, 2.75) is 6.92 Å². The number of nitrogens with one attached hydrogen (secondary N) is 1. The van der Waals surface area contributed by atoms with Gasteiger partial charge in [0.1, 0.15) is 11.5 Å². The quantitative estimate of drug-likeness (QED) is 0.661. The van der Waals surface area contributed by atoms with Crippen LogP contribution >= 0.6 is 11.3 Å². The fourth-order valence-corrected chi connectivity index (χ4v) is 3.93. The minimum Gasteiger partial charge on any atom is -0.376 e. The Morgan fingerprint density at radius 1 is 1.17 bits per heavy atom. The van der Waals surface area contributed by atoms with Gasteiger partial charge in [-0.15, -0.1) is 16.4 Å². The number of nitrogens with zero attached hydrogens (tertiary/aromatic N) is 6. The zero-order valence-electron chi connectivity index (χ0n) is 16.3. The minimum absolute atomic E-state index is 0.00644. The normalized spacial score (nSPS) is 14.1. The van der Waals surface area contributed by atoms with Gasteiger partial charge in [-0.1, -0.05) is 6.07 Å². The average Bonchev–Trinajstić information content (AvgIpc) is 3.44. The number of carbonyl (C=O) groups is 2. The van der Waals surface area contributed by atoms with Crippen LogP contribution in [-0.4, -0.2) is 74.5 Å². The molecule has 1 aliphatic rings. The summed E-state index contributed by atoms with van der Waals surface area (Å²) in [5.74, 6) is -0.0828. The first-order valence-electron chi connectivity index (χ1n) is 9.42. The van der Waals surface area contributed by atoms with Crippen molar-refractivity contribution in [1.82, 2.24) is 30.0 Å². The van der Waals surface area contributed by atoms with Crippen LogP contribution in [0.2, 0.25) is 0 Å². The molecule has 2 amide bonds. The van der Waals surface area contributed by atoms with Crippen LogP contribution < -0.4 is 5.32 Å². The second-order valence-corrected chi connectivity index (χ2v) is 7.76. The summed E-state index contributed by atoms with van der Waals surface area (Å²) < 4.78 is 15.5. The molecule has 0 atom stereocenters. The lowest BCUT2D eigenvalue weighted by Crippen LogP contribution is -2.51. The maximum atomic E-state index is 14.2. The summed E-state index contributed by atoms with van der Waals surface area (Å²) in [4.78, 5) is 29.2. The van der Waals surface area contributed by atoms with Gasteiger partial charge >= 0.3 is 0 Å². The second-order valence-electron chi connectivity index (χ2n) is 6.81. The second kappa shape index (κ2) is 8.57. The summed E-state index contributed by atoms with van der Waals surface area (Å²) in [5.41, 5.74) is 0.789. The SMILES string of the molecule is Cc1nnnn1-c1cc(NCC(=O)N2CCN(C(=O)c3cccs3)CC2)ccc1F. The van der Waals surface area contributed by atoms with Gasteiger partial charge in [0.05, 0.1) is 11.4 Å². The lowest BCUT2D eigenvalue weighted by molar-refractivity contribution is -0.130. The highest BCUT2D eigenvalue weighted by molar-refractivity contribution is 7.12. The van der Waals surface area contributed by atoms with Gasteiger partial charge in [-0.2, -0.15) is 4.68 Å². The predicted octanol–water partition coefficient (Wildman–Crippen LogP) is 1.57. The summed E-state index contributed by atoms with van der Waals surface area (Å²) in [6.07, 6.45) is 0. The Labute approximate surface area is 176 Å². The van der Waals surface area contributed by atoms with E-state index in [4.69, 9.17) is 0 Å². The van der Waals surface area contributed by atoms with Gasteiger partial charge in [-0.05, 0) is 47.0 Å². The highest BCUT2D eigenvalue weighted by atomic mass is 32.1. The molecular formula is C19H20FN7O2S. The van der Waals surface area contributed by atoms with Gasteiger partial charge < -0.3 is 15.1 Å². The van der Waals surface area contributed by atoms with Gasteiger partial charge in [-0.25, -0.2) is 4.39 Å². The molecule has 2 aromatic heterocycles. The Morgan fingerprint density at radius 2 is 1.93 bits per heavy atom. The van der Waals surface area contributed by atoms with Gasteiger partial charge in [0.2, 0.25) is 5.91 Å². The van der Waals surface area contributed by atoms with Crippen LogP contribution in [0.25, 0.3) is 5.69 Å². The largest absolute Gasteiger partial charge is 0.376 e. The fraction of sp³-hybridized carbons (Fsp3) is 0.316. The predicted molar refractivity (Wildman–Crippen MR) is 109 cm³/mol. The molecule has 0 unspecified atom stereocenters. The Morgan fingerprint density at radius 3 is 2.60 bits per heavy atom. The number of carbonyl (C=O) groups excluding carboxylic acids is 2. The van der Waals surface area contributed by atoms with E-state index < -0.39 is 5.82 Å². The number of aryl methyl sites for hydroxylation is 1. The number of hydrogen-bond donors (Lipinski definition) is 1. The molecule has 4 rings (SSSR count). The Balaban J connectivity index is 1.32.